The Labute approximate surface area is 318 Å². The fourth-order valence-electron chi connectivity index (χ4n) is 9.63. The van der Waals surface area contributed by atoms with Gasteiger partial charge >= 0.3 is 18.2 Å². The van der Waals surface area contributed by atoms with E-state index >= 15 is 0 Å². The van der Waals surface area contributed by atoms with Crippen molar-refractivity contribution in [2.24, 2.45) is 16.7 Å². The van der Waals surface area contributed by atoms with E-state index in [0.29, 0.717) is 12.8 Å². The number of nitrogens with zero attached hydrogens (tertiary/aromatic N) is 2. The van der Waals surface area contributed by atoms with Crippen LogP contribution in [0.3, 0.4) is 0 Å². The molecular weight excluding hydrogens is 695 g/mol. The second kappa shape index (κ2) is 16.1. The lowest BCUT2D eigenvalue weighted by Gasteiger charge is -2.46. The summed E-state index contributed by atoms with van der Waals surface area (Å²) in [5, 5.41) is 0.879. The molecular formula is C41H65N3O8S. The van der Waals surface area contributed by atoms with Gasteiger partial charge in [0.15, 0.2) is 6.04 Å². The van der Waals surface area contributed by atoms with Crippen LogP contribution in [-0.2, 0) is 35.4 Å². The van der Waals surface area contributed by atoms with E-state index in [-0.39, 0.29) is 30.2 Å². The van der Waals surface area contributed by atoms with Crippen molar-refractivity contribution in [1.29, 1.82) is 0 Å². The summed E-state index contributed by atoms with van der Waals surface area (Å²) in [6.07, 6.45) is 9.45. The van der Waals surface area contributed by atoms with Crippen LogP contribution in [0.25, 0.3) is 0 Å². The van der Waals surface area contributed by atoms with Crippen LogP contribution in [0, 0.1) is 16.7 Å². The number of amides is 2. The number of hydrogen-bond donors (Lipinski definition) is 1. The molecule has 1 aromatic rings. The number of hydrazine groups is 1. The first kappa shape index (κ1) is 41.3. The van der Waals surface area contributed by atoms with Crippen LogP contribution >= 0.6 is 0 Å². The van der Waals surface area contributed by atoms with Crippen LogP contribution in [0.15, 0.2) is 30.3 Å². The molecule has 5 rings (SSSR count). The second-order valence-corrected chi connectivity index (χ2v) is 20.5. The minimum absolute atomic E-state index is 0.00698. The van der Waals surface area contributed by atoms with Crippen LogP contribution in [0.1, 0.15) is 144 Å². The van der Waals surface area contributed by atoms with E-state index in [4.69, 9.17) is 14.2 Å². The van der Waals surface area contributed by atoms with Gasteiger partial charge in [0.25, 0.3) is 0 Å². The van der Waals surface area contributed by atoms with Crippen molar-refractivity contribution in [3.05, 3.63) is 35.9 Å². The Bertz CT molecular complexity index is 1520. The molecule has 0 aromatic heterocycles. The molecule has 0 aliphatic heterocycles. The SMILES string of the molecule is CC(C)(C)OC(=O)NN(C(=O)OC(C)(C)C)[C@H](Cc1ccccc1)C(=O)O[C@@H]1C[C@H]2CC[C@]1(CS(=O)(=O)N(C1CCCCC1)C1CCCCC1)C2(C)C. The fraction of sp³-hybridized carbons (Fsp3) is 0.780. The minimum Gasteiger partial charge on any atom is -0.460 e. The molecule has 4 fully saturated rings. The van der Waals surface area contributed by atoms with Gasteiger partial charge in [-0.2, -0.15) is 4.31 Å². The van der Waals surface area contributed by atoms with Crippen molar-refractivity contribution in [2.75, 3.05) is 5.75 Å². The molecule has 0 saturated heterocycles. The predicted molar refractivity (Wildman–Crippen MR) is 204 cm³/mol. The van der Waals surface area contributed by atoms with E-state index in [1.807, 2.05) is 34.6 Å². The third kappa shape index (κ3) is 9.69. The number of fused-ring (bicyclic) bond motifs is 2. The van der Waals surface area contributed by atoms with Crippen molar-refractivity contribution >= 4 is 28.2 Å². The number of benzene rings is 1. The first-order chi connectivity index (χ1) is 24.7. The topological polar surface area (TPSA) is 132 Å². The van der Waals surface area contributed by atoms with Gasteiger partial charge in [-0.15, -0.1) is 0 Å². The highest BCUT2D eigenvalue weighted by Crippen LogP contribution is 2.67. The lowest BCUT2D eigenvalue weighted by molar-refractivity contribution is -0.164. The van der Waals surface area contributed by atoms with Gasteiger partial charge in [0, 0.05) is 23.9 Å². The zero-order valence-corrected chi connectivity index (χ0v) is 34.3. The Morgan fingerprint density at radius 3 is 1.89 bits per heavy atom. The summed E-state index contributed by atoms with van der Waals surface area (Å²) in [7, 11) is -3.76. The van der Waals surface area contributed by atoms with E-state index in [1.165, 1.54) is 0 Å². The standard InChI is InChI=1S/C41H65N3O8S/c1-38(2,3)51-36(46)42-43(37(47)52-39(4,5)6)33(26-29-18-12-9-13-19-29)35(45)50-34-27-30-24-25-41(34,40(30,7)8)28-53(48,49)44(31-20-14-10-15-21-31)32-22-16-11-17-23-32/h9,12-13,18-19,30-34H,10-11,14-17,20-28H2,1-8H3,(H,42,46)/t30-,33-,34-,41-/m1/s1. The molecule has 4 saturated carbocycles. The molecule has 0 spiro atoms. The fourth-order valence-corrected chi connectivity index (χ4v) is 12.5. The minimum atomic E-state index is -3.76. The van der Waals surface area contributed by atoms with Crippen LogP contribution in [0.5, 0.6) is 0 Å². The van der Waals surface area contributed by atoms with Crippen molar-refractivity contribution in [3.63, 3.8) is 0 Å². The van der Waals surface area contributed by atoms with Crippen LogP contribution in [-0.4, -0.2) is 77.1 Å². The summed E-state index contributed by atoms with van der Waals surface area (Å²) in [6.45, 7) is 14.5. The summed E-state index contributed by atoms with van der Waals surface area (Å²) in [5.74, 6) is -0.649. The maximum atomic E-state index is 15.0. The summed E-state index contributed by atoms with van der Waals surface area (Å²) in [5.41, 5.74) is 0.179. The van der Waals surface area contributed by atoms with E-state index < -0.39 is 62.4 Å². The third-order valence-electron chi connectivity index (χ3n) is 12.3. The van der Waals surface area contributed by atoms with Crippen LogP contribution < -0.4 is 5.43 Å². The number of hydrogen-bond acceptors (Lipinski definition) is 8. The predicted octanol–water partition coefficient (Wildman–Crippen LogP) is 8.31. The first-order valence-electron chi connectivity index (χ1n) is 20.0. The molecule has 0 unspecified atom stereocenters. The molecule has 53 heavy (non-hydrogen) atoms. The Hall–Kier alpha value is -2.86. The largest absolute Gasteiger partial charge is 0.460 e. The highest BCUT2D eigenvalue weighted by molar-refractivity contribution is 7.89. The first-order valence-corrected chi connectivity index (χ1v) is 21.6. The number of carbonyl (C=O) groups excluding carboxylic acids is 3. The molecule has 4 atom stereocenters. The normalized spacial score (nSPS) is 25.8. The summed E-state index contributed by atoms with van der Waals surface area (Å²) >= 11 is 0. The van der Waals surface area contributed by atoms with Crippen molar-refractivity contribution in [1.82, 2.24) is 14.7 Å². The molecule has 1 N–H and O–H groups in total. The van der Waals surface area contributed by atoms with Crippen molar-refractivity contribution < 1.29 is 37.0 Å². The quantitative estimate of drug-likeness (QED) is 0.143. The van der Waals surface area contributed by atoms with E-state index in [2.05, 4.69) is 19.3 Å². The number of rotatable bonds is 10. The highest BCUT2D eigenvalue weighted by atomic mass is 32.2. The monoisotopic (exact) mass is 759 g/mol. The average molecular weight is 760 g/mol. The Morgan fingerprint density at radius 1 is 0.830 bits per heavy atom. The van der Waals surface area contributed by atoms with Gasteiger partial charge < -0.3 is 14.2 Å². The molecule has 4 aliphatic rings. The second-order valence-electron chi connectivity index (χ2n) is 18.6. The van der Waals surface area contributed by atoms with Gasteiger partial charge in [0.1, 0.15) is 17.3 Å². The third-order valence-corrected chi connectivity index (χ3v) is 14.4. The number of ether oxygens (including phenoxy) is 3. The van der Waals surface area contributed by atoms with Gasteiger partial charge in [-0.3, -0.25) is 0 Å². The number of esters is 1. The lowest BCUT2D eigenvalue weighted by Crippen LogP contribution is -2.59. The van der Waals surface area contributed by atoms with Gasteiger partial charge in [-0.05, 0) is 103 Å². The molecule has 1 aromatic carbocycles. The molecule has 12 heteroatoms. The Kier molecular flexibility index (Phi) is 12.5. The maximum Gasteiger partial charge on any atom is 0.430 e. The molecule has 2 amide bonds. The molecule has 0 heterocycles. The zero-order chi connectivity index (χ0) is 38.8. The number of sulfonamides is 1. The summed E-state index contributed by atoms with van der Waals surface area (Å²) in [6, 6.07) is 7.87. The van der Waals surface area contributed by atoms with Crippen molar-refractivity contribution in [3.8, 4) is 0 Å². The van der Waals surface area contributed by atoms with Crippen molar-refractivity contribution in [2.45, 2.75) is 181 Å². The molecule has 2 bridgehead atoms. The van der Waals surface area contributed by atoms with E-state index in [9.17, 15) is 22.8 Å². The van der Waals surface area contributed by atoms with Crippen LogP contribution in [0.4, 0.5) is 9.59 Å². The molecule has 0 radical (unpaired) electrons. The average Bonchev–Trinajstić information content (AvgIpc) is 3.41. The molecule has 4 aliphatic carbocycles. The zero-order valence-electron chi connectivity index (χ0n) is 33.4. The van der Waals surface area contributed by atoms with Crippen LogP contribution in [0.2, 0.25) is 0 Å². The van der Waals surface area contributed by atoms with Gasteiger partial charge in [0.2, 0.25) is 10.0 Å². The van der Waals surface area contributed by atoms with Gasteiger partial charge in [0.05, 0.1) is 5.75 Å². The highest BCUT2D eigenvalue weighted by Gasteiger charge is 2.67. The van der Waals surface area contributed by atoms with E-state index in [1.54, 1.807) is 41.5 Å². The number of nitrogens with one attached hydrogen (secondary N) is 1. The Balaban J connectivity index is 1.49. The smallest absolute Gasteiger partial charge is 0.430 e. The molecule has 298 valence electrons. The number of carbonyl (C=O) groups is 3. The molecule has 11 nitrogen and oxygen atoms in total. The maximum absolute atomic E-state index is 15.0. The summed E-state index contributed by atoms with van der Waals surface area (Å²) in [4.78, 5) is 41.7. The Morgan fingerprint density at radius 2 is 1.38 bits per heavy atom. The lowest BCUT2D eigenvalue weighted by atomic mass is 9.69. The van der Waals surface area contributed by atoms with E-state index in [0.717, 1.165) is 81.2 Å². The van der Waals surface area contributed by atoms with Gasteiger partial charge in [-0.25, -0.2) is 33.2 Å². The summed E-state index contributed by atoms with van der Waals surface area (Å²) < 4.78 is 49.6. The van der Waals surface area contributed by atoms with Gasteiger partial charge in [-0.1, -0.05) is 82.7 Å².